The lowest BCUT2D eigenvalue weighted by Crippen LogP contribution is -2.27. The van der Waals surface area contributed by atoms with Gasteiger partial charge in [-0.05, 0) is 42.2 Å². The van der Waals surface area contributed by atoms with Crippen molar-refractivity contribution in [3.63, 3.8) is 0 Å². The number of halogens is 2. The number of nitrogens with zero attached hydrogens (tertiary/aromatic N) is 2. The number of anilines is 1. The molecule has 1 saturated heterocycles. The second kappa shape index (κ2) is 6.71. The molecule has 1 atom stereocenters. The van der Waals surface area contributed by atoms with E-state index in [1.807, 2.05) is 30.5 Å². The van der Waals surface area contributed by atoms with Gasteiger partial charge < -0.3 is 4.90 Å². The van der Waals surface area contributed by atoms with Gasteiger partial charge in [0.15, 0.2) is 0 Å². The molecule has 4 nitrogen and oxygen atoms in total. The van der Waals surface area contributed by atoms with Crippen molar-refractivity contribution in [3.8, 4) is 11.1 Å². The van der Waals surface area contributed by atoms with Gasteiger partial charge in [0.25, 0.3) is 0 Å². The molecule has 2 heterocycles. The molecule has 1 fully saturated rings. The van der Waals surface area contributed by atoms with Crippen molar-refractivity contribution in [1.29, 1.82) is 0 Å². The zero-order valence-electron chi connectivity index (χ0n) is 14.0. The Morgan fingerprint density at radius 2 is 1.92 bits per heavy atom. The quantitative estimate of drug-likeness (QED) is 0.772. The van der Waals surface area contributed by atoms with Crippen molar-refractivity contribution in [2.45, 2.75) is 12.8 Å². The Hall–Kier alpha value is -3.02. The molecule has 6 heteroatoms. The number of carbonyl (C=O) groups is 1. The first-order valence-electron chi connectivity index (χ1n) is 8.46. The van der Waals surface area contributed by atoms with Crippen molar-refractivity contribution in [1.82, 2.24) is 10.2 Å². The van der Waals surface area contributed by atoms with Crippen LogP contribution in [0.25, 0.3) is 11.1 Å². The summed E-state index contributed by atoms with van der Waals surface area (Å²) < 4.78 is 26.9. The summed E-state index contributed by atoms with van der Waals surface area (Å²) in [6, 6.07) is 11.2. The fourth-order valence-electron chi connectivity index (χ4n) is 3.38. The van der Waals surface area contributed by atoms with Gasteiger partial charge in [-0.3, -0.25) is 9.89 Å². The lowest BCUT2D eigenvalue weighted by molar-refractivity contribution is -0.120. The number of aromatic nitrogens is 2. The van der Waals surface area contributed by atoms with E-state index in [1.54, 1.807) is 11.1 Å². The Labute approximate surface area is 149 Å². The standard InChI is InChI=1S/C20H17F2N3O/c21-17-4-1-14(19(22)10-17)9-15-7-8-25(20(15)26)18-5-2-13(3-6-18)16-11-23-24-12-16/h1-6,10-12,15H,7-9H2,(H,23,24). The van der Waals surface area contributed by atoms with Crippen LogP contribution < -0.4 is 4.90 Å². The topological polar surface area (TPSA) is 49.0 Å². The summed E-state index contributed by atoms with van der Waals surface area (Å²) in [5, 5.41) is 6.70. The average molecular weight is 353 g/mol. The number of hydrogen-bond donors (Lipinski definition) is 1. The number of nitrogens with one attached hydrogen (secondary N) is 1. The van der Waals surface area contributed by atoms with E-state index >= 15 is 0 Å². The lowest BCUT2D eigenvalue weighted by atomic mass is 9.97. The van der Waals surface area contributed by atoms with Crippen LogP contribution in [-0.4, -0.2) is 22.6 Å². The van der Waals surface area contributed by atoms with Crippen molar-refractivity contribution in [2.24, 2.45) is 5.92 Å². The highest BCUT2D eigenvalue weighted by Crippen LogP contribution is 2.30. The molecule has 0 spiro atoms. The molecule has 1 aromatic heterocycles. The summed E-state index contributed by atoms with van der Waals surface area (Å²) in [6.07, 6.45) is 4.49. The van der Waals surface area contributed by atoms with E-state index in [0.29, 0.717) is 18.5 Å². The zero-order valence-corrected chi connectivity index (χ0v) is 14.0. The Morgan fingerprint density at radius 1 is 1.12 bits per heavy atom. The number of benzene rings is 2. The third kappa shape index (κ3) is 3.10. The molecule has 1 unspecified atom stereocenters. The molecular weight excluding hydrogens is 336 g/mol. The summed E-state index contributed by atoms with van der Waals surface area (Å²) in [4.78, 5) is 14.4. The number of amides is 1. The second-order valence-corrected chi connectivity index (χ2v) is 6.45. The van der Waals surface area contributed by atoms with Gasteiger partial charge in [-0.1, -0.05) is 18.2 Å². The summed E-state index contributed by atoms with van der Waals surface area (Å²) in [5.74, 6) is -1.52. The predicted molar refractivity (Wildman–Crippen MR) is 94.5 cm³/mol. The highest BCUT2D eigenvalue weighted by Gasteiger charge is 2.33. The molecule has 2 aromatic carbocycles. The van der Waals surface area contributed by atoms with Gasteiger partial charge in [0.1, 0.15) is 11.6 Å². The first kappa shape index (κ1) is 16.4. The molecule has 0 saturated carbocycles. The minimum Gasteiger partial charge on any atom is -0.312 e. The molecule has 4 rings (SSSR count). The smallest absolute Gasteiger partial charge is 0.230 e. The van der Waals surface area contributed by atoms with Gasteiger partial charge >= 0.3 is 0 Å². The summed E-state index contributed by atoms with van der Waals surface area (Å²) in [6.45, 7) is 0.595. The van der Waals surface area contributed by atoms with E-state index < -0.39 is 11.6 Å². The maximum Gasteiger partial charge on any atom is 0.230 e. The van der Waals surface area contributed by atoms with Gasteiger partial charge in [0.2, 0.25) is 5.91 Å². The fourth-order valence-corrected chi connectivity index (χ4v) is 3.38. The van der Waals surface area contributed by atoms with Crippen LogP contribution in [0.1, 0.15) is 12.0 Å². The van der Waals surface area contributed by atoms with Gasteiger partial charge in [-0.2, -0.15) is 5.10 Å². The molecule has 1 aliphatic rings. The highest BCUT2D eigenvalue weighted by atomic mass is 19.1. The summed E-state index contributed by atoms with van der Waals surface area (Å²) in [7, 11) is 0. The zero-order chi connectivity index (χ0) is 18.1. The minimum atomic E-state index is -0.608. The molecular formula is C20H17F2N3O. The predicted octanol–water partition coefficient (Wildman–Crippen LogP) is 3.95. The Bertz CT molecular complexity index is 923. The van der Waals surface area contributed by atoms with E-state index in [9.17, 15) is 13.6 Å². The van der Waals surface area contributed by atoms with E-state index in [2.05, 4.69) is 10.2 Å². The summed E-state index contributed by atoms with van der Waals surface area (Å²) in [5.41, 5.74) is 3.19. The van der Waals surface area contributed by atoms with Crippen LogP contribution in [0.4, 0.5) is 14.5 Å². The van der Waals surface area contributed by atoms with Crippen molar-refractivity contribution in [2.75, 3.05) is 11.4 Å². The molecule has 0 radical (unpaired) electrons. The molecule has 132 valence electrons. The van der Waals surface area contributed by atoms with Gasteiger partial charge in [0, 0.05) is 36.0 Å². The molecule has 1 amide bonds. The Balaban J connectivity index is 1.48. The Kier molecular flexibility index (Phi) is 4.24. The molecule has 1 N–H and O–H groups in total. The number of carbonyl (C=O) groups excluding carboxylic acids is 1. The average Bonchev–Trinajstić information content (AvgIpc) is 3.28. The maximum absolute atomic E-state index is 13.9. The van der Waals surface area contributed by atoms with Gasteiger partial charge in [-0.25, -0.2) is 8.78 Å². The van der Waals surface area contributed by atoms with Crippen LogP contribution >= 0.6 is 0 Å². The first-order chi connectivity index (χ1) is 12.6. The monoisotopic (exact) mass is 353 g/mol. The molecule has 26 heavy (non-hydrogen) atoms. The van der Waals surface area contributed by atoms with E-state index in [0.717, 1.165) is 22.9 Å². The van der Waals surface area contributed by atoms with Crippen LogP contribution in [0.15, 0.2) is 54.9 Å². The van der Waals surface area contributed by atoms with E-state index in [4.69, 9.17) is 0 Å². The maximum atomic E-state index is 13.9. The van der Waals surface area contributed by atoms with Crippen LogP contribution in [0.5, 0.6) is 0 Å². The minimum absolute atomic E-state index is 0.0233. The van der Waals surface area contributed by atoms with Crippen LogP contribution in [0.2, 0.25) is 0 Å². The van der Waals surface area contributed by atoms with Crippen molar-refractivity contribution in [3.05, 3.63) is 72.1 Å². The Morgan fingerprint density at radius 3 is 2.62 bits per heavy atom. The first-order valence-corrected chi connectivity index (χ1v) is 8.46. The third-order valence-corrected chi connectivity index (χ3v) is 4.81. The largest absolute Gasteiger partial charge is 0.312 e. The molecule has 0 aliphatic carbocycles. The van der Waals surface area contributed by atoms with Crippen LogP contribution in [0.3, 0.4) is 0 Å². The molecule has 0 bridgehead atoms. The number of hydrogen-bond acceptors (Lipinski definition) is 2. The van der Waals surface area contributed by atoms with Gasteiger partial charge in [0.05, 0.1) is 6.20 Å². The van der Waals surface area contributed by atoms with E-state index in [1.165, 1.54) is 12.1 Å². The fraction of sp³-hybridized carbons (Fsp3) is 0.200. The van der Waals surface area contributed by atoms with Crippen molar-refractivity contribution >= 4 is 11.6 Å². The number of H-pyrrole nitrogens is 1. The summed E-state index contributed by atoms with van der Waals surface area (Å²) >= 11 is 0. The van der Waals surface area contributed by atoms with Crippen molar-refractivity contribution < 1.29 is 13.6 Å². The third-order valence-electron chi connectivity index (χ3n) is 4.81. The van der Waals surface area contributed by atoms with E-state index in [-0.39, 0.29) is 18.2 Å². The van der Waals surface area contributed by atoms with Crippen LogP contribution in [-0.2, 0) is 11.2 Å². The second-order valence-electron chi connectivity index (χ2n) is 6.45. The molecule has 1 aliphatic heterocycles. The SMILES string of the molecule is O=C1C(Cc2ccc(F)cc2F)CCN1c1ccc(-c2cn[nH]c2)cc1. The van der Waals surface area contributed by atoms with Crippen LogP contribution in [0, 0.1) is 17.6 Å². The number of rotatable bonds is 4. The lowest BCUT2D eigenvalue weighted by Gasteiger charge is -2.17. The van der Waals surface area contributed by atoms with Gasteiger partial charge in [-0.15, -0.1) is 0 Å². The normalized spacial score (nSPS) is 17.1. The highest BCUT2D eigenvalue weighted by molar-refractivity contribution is 5.97. The molecule has 3 aromatic rings. The number of aromatic amines is 1.